The Morgan fingerprint density at radius 2 is 2.67 bits per heavy atom. The van der Waals surface area contributed by atoms with Crippen molar-refractivity contribution in [2.45, 2.75) is 6.42 Å². The van der Waals surface area contributed by atoms with Crippen LogP contribution in [0.25, 0.3) is 0 Å². The van der Waals surface area contributed by atoms with E-state index in [0.29, 0.717) is 6.42 Å². The minimum Gasteiger partial charge on any atom is -0.351 e. The van der Waals surface area contributed by atoms with Gasteiger partial charge in [-0.05, 0) is 0 Å². The van der Waals surface area contributed by atoms with Crippen molar-refractivity contribution < 1.29 is 4.79 Å². The third-order valence-corrected chi connectivity index (χ3v) is 0.978. The quantitative estimate of drug-likeness (QED) is 0.589. The van der Waals surface area contributed by atoms with Gasteiger partial charge in [-0.3, -0.25) is 0 Å². The molecule has 3 nitrogen and oxygen atoms in total. The molecule has 1 aromatic rings. The summed E-state index contributed by atoms with van der Waals surface area (Å²) in [5, 5.41) is 0. The van der Waals surface area contributed by atoms with Gasteiger partial charge in [-0.15, -0.1) is 0 Å². The third-order valence-electron chi connectivity index (χ3n) is 0.978. The molecule has 0 amide bonds. The average molecular weight is 123 g/mol. The van der Waals surface area contributed by atoms with E-state index in [9.17, 15) is 4.79 Å². The van der Waals surface area contributed by atoms with Crippen LogP contribution in [0, 0.1) is 6.42 Å². The molecule has 0 aliphatic heterocycles. The van der Waals surface area contributed by atoms with E-state index in [-0.39, 0.29) is 0 Å². The lowest BCUT2D eigenvalue weighted by Crippen LogP contribution is -1.85. The summed E-state index contributed by atoms with van der Waals surface area (Å²) in [4.78, 5) is 16.5. The summed E-state index contributed by atoms with van der Waals surface area (Å²) in [5.74, 6) is 0. The molecule has 1 heterocycles. The van der Waals surface area contributed by atoms with Gasteiger partial charge >= 0.3 is 0 Å². The molecule has 0 aliphatic rings. The van der Waals surface area contributed by atoms with Gasteiger partial charge in [0.05, 0.1) is 12.0 Å². The van der Waals surface area contributed by atoms with Crippen molar-refractivity contribution in [1.29, 1.82) is 0 Å². The van der Waals surface area contributed by atoms with Crippen LogP contribution >= 0.6 is 0 Å². The smallest absolute Gasteiger partial charge is 0.124 e. The molecule has 3 heteroatoms. The third kappa shape index (κ3) is 1.68. The molecule has 1 N–H and O–H groups in total. The highest BCUT2D eigenvalue weighted by Crippen LogP contribution is 1.92. The number of imidazole rings is 1. The normalized spacial score (nSPS) is 9.33. The number of aldehydes is 1. The first kappa shape index (κ1) is 6.01. The molecule has 0 saturated carbocycles. The maximum absolute atomic E-state index is 9.81. The van der Waals surface area contributed by atoms with E-state index in [1.54, 1.807) is 12.5 Å². The van der Waals surface area contributed by atoms with Crippen molar-refractivity contribution in [3.8, 4) is 0 Å². The van der Waals surface area contributed by atoms with Crippen molar-refractivity contribution in [3.63, 3.8) is 0 Å². The molecular weight excluding hydrogens is 116 g/mol. The zero-order valence-corrected chi connectivity index (χ0v) is 4.87. The summed E-state index contributed by atoms with van der Waals surface area (Å²) in [6.45, 7) is 0. The minimum absolute atomic E-state index is 0.618. The van der Waals surface area contributed by atoms with E-state index in [2.05, 4.69) is 9.97 Å². The van der Waals surface area contributed by atoms with Gasteiger partial charge in [0.25, 0.3) is 0 Å². The molecule has 0 atom stereocenters. The summed E-state index contributed by atoms with van der Waals surface area (Å²) < 4.78 is 0. The molecule has 0 aliphatic carbocycles. The Bertz CT molecular complexity index is 169. The van der Waals surface area contributed by atoms with Crippen LogP contribution in [0.5, 0.6) is 0 Å². The second-order valence-corrected chi connectivity index (χ2v) is 1.64. The standard InChI is InChI=1S/C6H7N2O/c9-3-1-2-6-4-7-5-8-6/h1,3-5H,2H2,(H,7,8). The number of nitrogens with one attached hydrogen (secondary N) is 1. The van der Waals surface area contributed by atoms with Crippen molar-refractivity contribution in [3.05, 3.63) is 24.6 Å². The number of H-pyrrole nitrogens is 1. The van der Waals surface area contributed by atoms with Crippen LogP contribution in [0.1, 0.15) is 5.69 Å². The second kappa shape index (κ2) is 3.02. The van der Waals surface area contributed by atoms with Gasteiger partial charge in [-0.1, -0.05) is 0 Å². The number of aromatic amines is 1. The molecular formula is C6H7N2O. The highest BCUT2D eigenvalue weighted by Gasteiger charge is 1.91. The Kier molecular flexibility index (Phi) is 2.01. The average Bonchev–Trinajstić information content (AvgIpc) is 2.34. The number of rotatable bonds is 3. The predicted octanol–water partition coefficient (Wildman–Crippen LogP) is 0.355. The molecule has 1 rings (SSSR count). The fraction of sp³-hybridized carbons (Fsp3) is 0.167. The number of hydrogen-bond donors (Lipinski definition) is 1. The lowest BCUT2D eigenvalue weighted by atomic mass is 10.3. The molecule has 0 aromatic carbocycles. The number of carbonyl (C=O) groups excluding carboxylic acids is 1. The van der Waals surface area contributed by atoms with E-state index in [4.69, 9.17) is 0 Å². The summed E-state index contributed by atoms with van der Waals surface area (Å²) >= 11 is 0. The summed E-state index contributed by atoms with van der Waals surface area (Å²) in [7, 11) is 0. The van der Waals surface area contributed by atoms with Crippen molar-refractivity contribution in [1.82, 2.24) is 9.97 Å². The molecule has 9 heavy (non-hydrogen) atoms. The van der Waals surface area contributed by atoms with Crippen molar-refractivity contribution in [2.24, 2.45) is 0 Å². The van der Waals surface area contributed by atoms with Crippen LogP contribution in [0.2, 0.25) is 0 Å². The molecule has 0 saturated heterocycles. The van der Waals surface area contributed by atoms with E-state index < -0.39 is 0 Å². The SMILES string of the molecule is O=C[CH]Cc1c[nH]cn1. The van der Waals surface area contributed by atoms with Crippen LogP contribution < -0.4 is 0 Å². The number of carbonyl (C=O) groups is 1. The minimum atomic E-state index is 0.618. The fourth-order valence-corrected chi connectivity index (χ4v) is 0.571. The molecule has 0 spiro atoms. The van der Waals surface area contributed by atoms with E-state index in [1.807, 2.05) is 0 Å². The van der Waals surface area contributed by atoms with Crippen LogP contribution in [0.3, 0.4) is 0 Å². The molecule has 0 bridgehead atoms. The molecule has 1 radical (unpaired) electrons. The Balaban J connectivity index is 2.38. The van der Waals surface area contributed by atoms with Crippen molar-refractivity contribution in [2.75, 3.05) is 0 Å². The lowest BCUT2D eigenvalue weighted by molar-refractivity contribution is -0.105. The van der Waals surface area contributed by atoms with Crippen LogP contribution in [-0.4, -0.2) is 16.3 Å². The molecule has 0 fully saturated rings. The first-order valence-corrected chi connectivity index (χ1v) is 2.68. The number of nitrogens with zero attached hydrogens (tertiary/aromatic N) is 1. The van der Waals surface area contributed by atoms with Crippen LogP contribution in [0.4, 0.5) is 0 Å². The Hall–Kier alpha value is -1.12. The van der Waals surface area contributed by atoms with E-state index in [1.165, 1.54) is 6.42 Å². The lowest BCUT2D eigenvalue weighted by Gasteiger charge is -1.83. The van der Waals surface area contributed by atoms with Crippen LogP contribution in [-0.2, 0) is 11.2 Å². The van der Waals surface area contributed by atoms with E-state index in [0.717, 1.165) is 12.0 Å². The Morgan fingerprint density at radius 1 is 1.78 bits per heavy atom. The maximum Gasteiger partial charge on any atom is 0.124 e. The van der Waals surface area contributed by atoms with Gasteiger partial charge in [-0.2, -0.15) is 0 Å². The Morgan fingerprint density at radius 3 is 3.22 bits per heavy atom. The first-order chi connectivity index (χ1) is 4.43. The molecule has 47 valence electrons. The number of hydrogen-bond acceptors (Lipinski definition) is 2. The highest BCUT2D eigenvalue weighted by molar-refractivity contribution is 5.61. The summed E-state index contributed by atoms with van der Waals surface area (Å²) in [6, 6.07) is 0. The monoisotopic (exact) mass is 123 g/mol. The Labute approximate surface area is 53.1 Å². The first-order valence-electron chi connectivity index (χ1n) is 2.68. The zero-order valence-electron chi connectivity index (χ0n) is 4.87. The fourth-order valence-electron chi connectivity index (χ4n) is 0.571. The van der Waals surface area contributed by atoms with Gasteiger partial charge in [-0.25, -0.2) is 4.98 Å². The van der Waals surface area contributed by atoms with Crippen LogP contribution in [0.15, 0.2) is 12.5 Å². The highest BCUT2D eigenvalue weighted by atomic mass is 16.1. The summed E-state index contributed by atoms with van der Waals surface area (Å²) in [6.07, 6.45) is 6.27. The second-order valence-electron chi connectivity index (χ2n) is 1.64. The van der Waals surface area contributed by atoms with Gasteiger partial charge in [0.15, 0.2) is 0 Å². The van der Waals surface area contributed by atoms with Crippen molar-refractivity contribution >= 4 is 6.29 Å². The maximum atomic E-state index is 9.81. The molecule has 1 aromatic heterocycles. The van der Waals surface area contributed by atoms with Gasteiger partial charge in [0, 0.05) is 19.0 Å². The van der Waals surface area contributed by atoms with Gasteiger partial charge < -0.3 is 9.78 Å². The predicted molar refractivity (Wildman–Crippen MR) is 32.7 cm³/mol. The largest absolute Gasteiger partial charge is 0.351 e. The topological polar surface area (TPSA) is 45.8 Å². The summed E-state index contributed by atoms with van der Waals surface area (Å²) in [5.41, 5.74) is 0.891. The number of aromatic nitrogens is 2. The van der Waals surface area contributed by atoms with E-state index >= 15 is 0 Å². The zero-order chi connectivity index (χ0) is 6.53. The van der Waals surface area contributed by atoms with Gasteiger partial charge in [0.1, 0.15) is 6.29 Å². The molecule has 0 unspecified atom stereocenters. The van der Waals surface area contributed by atoms with Gasteiger partial charge in [0.2, 0.25) is 0 Å².